The molecule has 156 valence electrons. The summed E-state index contributed by atoms with van der Waals surface area (Å²) in [5.41, 5.74) is 3.57. The van der Waals surface area contributed by atoms with E-state index in [2.05, 4.69) is 36.6 Å². The molecule has 1 aromatic carbocycles. The van der Waals surface area contributed by atoms with Crippen LogP contribution in [0.2, 0.25) is 0 Å². The van der Waals surface area contributed by atoms with Crippen LogP contribution in [0.1, 0.15) is 89.7 Å². The van der Waals surface area contributed by atoms with Crippen molar-refractivity contribution in [2.75, 3.05) is 5.32 Å². The van der Waals surface area contributed by atoms with E-state index in [1.54, 1.807) is 0 Å². The van der Waals surface area contributed by atoms with Crippen molar-refractivity contribution in [2.45, 2.75) is 97.4 Å². The van der Waals surface area contributed by atoms with Gasteiger partial charge in [-0.25, -0.2) is 0 Å². The van der Waals surface area contributed by atoms with Crippen molar-refractivity contribution in [3.63, 3.8) is 0 Å². The Morgan fingerprint density at radius 1 is 1.00 bits per heavy atom. The topological polar surface area (TPSA) is 58.2 Å². The lowest BCUT2D eigenvalue weighted by atomic mass is 9.97. The first-order valence-corrected chi connectivity index (χ1v) is 11.3. The highest BCUT2D eigenvalue weighted by atomic mass is 16.2. The second-order valence-corrected chi connectivity index (χ2v) is 8.27. The first-order chi connectivity index (χ1) is 13.5. The number of rotatable bonds is 12. The lowest BCUT2D eigenvalue weighted by molar-refractivity contribution is -0.127. The van der Waals surface area contributed by atoms with Crippen molar-refractivity contribution in [1.82, 2.24) is 5.32 Å². The molecule has 4 heteroatoms. The molecule has 0 heterocycles. The SMILES string of the molecule is CCCCCCCCC(=O)NC(C(=O)Nc1ccc2c(c1)CCC2)C(C)CC. The summed E-state index contributed by atoms with van der Waals surface area (Å²) in [6, 6.07) is 5.71. The standard InChI is InChI=1S/C24H38N2O2/c1-4-6-7-8-9-10-14-22(27)26-23(18(3)5-2)24(28)25-21-16-15-19-12-11-13-20(19)17-21/h15-18,23H,4-14H2,1-3H3,(H,25,28)(H,26,27). The molecule has 0 bridgehead atoms. The molecule has 0 aliphatic heterocycles. The predicted octanol–water partition coefficient (Wildman–Crippen LogP) is 5.40. The summed E-state index contributed by atoms with van der Waals surface area (Å²) >= 11 is 0. The molecule has 0 saturated carbocycles. The lowest BCUT2D eigenvalue weighted by Gasteiger charge is -2.24. The summed E-state index contributed by atoms with van der Waals surface area (Å²) in [5, 5.41) is 6.02. The van der Waals surface area contributed by atoms with E-state index >= 15 is 0 Å². The molecule has 2 amide bonds. The van der Waals surface area contributed by atoms with Gasteiger partial charge in [0.15, 0.2) is 0 Å². The van der Waals surface area contributed by atoms with Crippen LogP contribution < -0.4 is 10.6 Å². The van der Waals surface area contributed by atoms with E-state index in [0.717, 1.165) is 37.8 Å². The van der Waals surface area contributed by atoms with E-state index in [9.17, 15) is 9.59 Å². The van der Waals surface area contributed by atoms with Crippen LogP contribution in [-0.4, -0.2) is 17.9 Å². The summed E-state index contributed by atoms with van der Waals surface area (Å²) in [6.07, 6.45) is 11.7. The van der Waals surface area contributed by atoms with E-state index in [1.165, 1.54) is 43.2 Å². The Hall–Kier alpha value is -1.84. The van der Waals surface area contributed by atoms with Crippen LogP contribution in [0.15, 0.2) is 18.2 Å². The van der Waals surface area contributed by atoms with Gasteiger partial charge in [-0.05, 0) is 54.9 Å². The van der Waals surface area contributed by atoms with E-state index in [4.69, 9.17) is 0 Å². The molecule has 2 unspecified atom stereocenters. The third-order valence-corrected chi connectivity index (χ3v) is 5.94. The van der Waals surface area contributed by atoms with Crippen molar-refractivity contribution in [3.05, 3.63) is 29.3 Å². The monoisotopic (exact) mass is 386 g/mol. The van der Waals surface area contributed by atoms with Gasteiger partial charge in [-0.15, -0.1) is 0 Å². The average Bonchev–Trinajstić information content (AvgIpc) is 3.16. The number of hydrogen-bond acceptors (Lipinski definition) is 2. The summed E-state index contributed by atoms with van der Waals surface area (Å²) in [5.74, 6) is -0.0172. The minimum Gasteiger partial charge on any atom is -0.344 e. The van der Waals surface area contributed by atoms with Gasteiger partial charge >= 0.3 is 0 Å². The van der Waals surface area contributed by atoms with Crippen LogP contribution in [0.25, 0.3) is 0 Å². The molecule has 2 atom stereocenters. The minimum atomic E-state index is -0.481. The Morgan fingerprint density at radius 2 is 1.71 bits per heavy atom. The van der Waals surface area contributed by atoms with Crippen LogP contribution in [0, 0.1) is 5.92 Å². The highest BCUT2D eigenvalue weighted by molar-refractivity contribution is 5.97. The average molecular weight is 387 g/mol. The molecule has 2 rings (SSSR count). The third kappa shape index (κ3) is 6.96. The molecule has 28 heavy (non-hydrogen) atoms. The highest BCUT2D eigenvalue weighted by Gasteiger charge is 2.26. The number of aryl methyl sites for hydroxylation is 2. The summed E-state index contributed by atoms with van der Waals surface area (Å²) in [4.78, 5) is 25.3. The number of carbonyl (C=O) groups is 2. The minimum absolute atomic E-state index is 0.00936. The maximum Gasteiger partial charge on any atom is 0.247 e. The Morgan fingerprint density at radius 3 is 2.46 bits per heavy atom. The Balaban J connectivity index is 1.86. The molecule has 0 saturated heterocycles. The largest absolute Gasteiger partial charge is 0.344 e. The number of fused-ring (bicyclic) bond motifs is 1. The Bertz CT molecular complexity index is 641. The summed E-state index contributed by atoms with van der Waals surface area (Å²) in [6.45, 7) is 6.29. The number of hydrogen-bond donors (Lipinski definition) is 2. The van der Waals surface area contributed by atoms with Crippen LogP contribution in [0.5, 0.6) is 0 Å². The van der Waals surface area contributed by atoms with Crippen molar-refractivity contribution >= 4 is 17.5 Å². The normalized spacial score (nSPS) is 15.0. The zero-order valence-electron chi connectivity index (χ0n) is 18.0. The number of carbonyl (C=O) groups excluding carboxylic acids is 2. The molecular formula is C24H38N2O2. The number of amides is 2. The number of unbranched alkanes of at least 4 members (excludes halogenated alkanes) is 5. The van der Waals surface area contributed by atoms with Gasteiger partial charge < -0.3 is 10.6 Å². The second kappa shape index (κ2) is 11.9. The van der Waals surface area contributed by atoms with E-state index in [1.807, 2.05) is 13.0 Å². The lowest BCUT2D eigenvalue weighted by Crippen LogP contribution is -2.47. The van der Waals surface area contributed by atoms with Gasteiger partial charge in [-0.2, -0.15) is 0 Å². The first-order valence-electron chi connectivity index (χ1n) is 11.3. The van der Waals surface area contributed by atoms with Crippen molar-refractivity contribution in [3.8, 4) is 0 Å². The Kier molecular flexibility index (Phi) is 9.52. The molecule has 1 aliphatic carbocycles. The summed E-state index contributed by atoms with van der Waals surface area (Å²) in [7, 11) is 0. The van der Waals surface area contributed by atoms with Gasteiger partial charge in [-0.1, -0.05) is 65.4 Å². The fraction of sp³-hybridized carbons (Fsp3) is 0.667. The fourth-order valence-electron chi connectivity index (χ4n) is 3.88. The molecule has 0 fully saturated rings. The quantitative estimate of drug-likeness (QED) is 0.473. The van der Waals surface area contributed by atoms with Gasteiger partial charge in [0.05, 0.1) is 0 Å². The molecule has 1 aromatic rings. The molecule has 0 radical (unpaired) electrons. The molecular weight excluding hydrogens is 348 g/mol. The predicted molar refractivity (Wildman–Crippen MR) is 116 cm³/mol. The van der Waals surface area contributed by atoms with Crippen LogP contribution in [0.4, 0.5) is 5.69 Å². The van der Waals surface area contributed by atoms with Crippen LogP contribution in [-0.2, 0) is 22.4 Å². The van der Waals surface area contributed by atoms with Gasteiger partial charge in [0.25, 0.3) is 0 Å². The first kappa shape index (κ1) is 22.4. The van der Waals surface area contributed by atoms with Crippen molar-refractivity contribution < 1.29 is 9.59 Å². The number of anilines is 1. The maximum absolute atomic E-state index is 12.9. The second-order valence-electron chi connectivity index (χ2n) is 8.27. The molecule has 2 N–H and O–H groups in total. The highest BCUT2D eigenvalue weighted by Crippen LogP contribution is 2.25. The van der Waals surface area contributed by atoms with Crippen LogP contribution >= 0.6 is 0 Å². The van der Waals surface area contributed by atoms with E-state index in [0.29, 0.717) is 6.42 Å². The molecule has 0 aromatic heterocycles. The molecule has 0 spiro atoms. The van der Waals surface area contributed by atoms with Gasteiger partial charge in [0, 0.05) is 12.1 Å². The van der Waals surface area contributed by atoms with Crippen LogP contribution in [0.3, 0.4) is 0 Å². The van der Waals surface area contributed by atoms with Gasteiger partial charge in [0.1, 0.15) is 6.04 Å². The smallest absolute Gasteiger partial charge is 0.247 e. The number of nitrogens with one attached hydrogen (secondary N) is 2. The summed E-state index contributed by atoms with van der Waals surface area (Å²) < 4.78 is 0. The number of benzene rings is 1. The van der Waals surface area contributed by atoms with E-state index in [-0.39, 0.29) is 17.7 Å². The van der Waals surface area contributed by atoms with Gasteiger partial charge in [-0.3, -0.25) is 9.59 Å². The zero-order chi connectivity index (χ0) is 20.4. The Labute approximate surface area is 170 Å². The maximum atomic E-state index is 12.9. The zero-order valence-corrected chi connectivity index (χ0v) is 18.0. The van der Waals surface area contributed by atoms with Crippen molar-refractivity contribution in [1.29, 1.82) is 0 Å². The van der Waals surface area contributed by atoms with Gasteiger partial charge in [0.2, 0.25) is 11.8 Å². The van der Waals surface area contributed by atoms with Crippen molar-refractivity contribution in [2.24, 2.45) is 5.92 Å². The molecule has 4 nitrogen and oxygen atoms in total. The third-order valence-electron chi connectivity index (χ3n) is 5.94. The van der Waals surface area contributed by atoms with E-state index < -0.39 is 6.04 Å². The molecule has 1 aliphatic rings. The fourth-order valence-corrected chi connectivity index (χ4v) is 3.88.